The lowest BCUT2D eigenvalue weighted by Gasteiger charge is -2.36. The summed E-state index contributed by atoms with van der Waals surface area (Å²) >= 11 is 3.50. The van der Waals surface area contributed by atoms with Crippen molar-refractivity contribution in [3.05, 3.63) is 34.3 Å². The lowest BCUT2D eigenvalue weighted by Crippen LogP contribution is -2.41. The average molecular weight is 339 g/mol. The lowest BCUT2D eigenvalue weighted by molar-refractivity contribution is 0.137. The zero-order valence-corrected chi connectivity index (χ0v) is 14.3. The number of nitrogens with zero attached hydrogens (tertiary/aromatic N) is 1. The van der Waals surface area contributed by atoms with E-state index in [9.17, 15) is 0 Å². The second-order valence-electron chi connectivity index (χ2n) is 6.05. The van der Waals surface area contributed by atoms with Gasteiger partial charge >= 0.3 is 0 Å². The zero-order valence-electron chi connectivity index (χ0n) is 12.7. The summed E-state index contributed by atoms with van der Waals surface area (Å²) in [5, 5.41) is 3.27. The first-order chi connectivity index (χ1) is 9.69. The summed E-state index contributed by atoms with van der Waals surface area (Å²) in [5.74, 6) is 0.929. The molecule has 1 aromatic rings. The van der Waals surface area contributed by atoms with Crippen LogP contribution in [0, 0.1) is 5.92 Å². The van der Waals surface area contributed by atoms with Gasteiger partial charge in [-0.3, -0.25) is 0 Å². The Kier molecular flexibility index (Phi) is 6.53. The molecule has 0 amide bonds. The first-order valence-corrected chi connectivity index (χ1v) is 8.61. The molecular formula is C17H27BrN2. The van der Waals surface area contributed by atoms with Crippen LogP contribution in [0.3, 0.4) is 0 Å². The Morgan fingerprint density at radius 3 is 2.50 bits per heavy atom. The summed E-state index contributed by atoms with van der Waals surface area (Å²) in [4.78, 5) is 2.66. The summed E-state index contributed by atoms with van der Waals surface area (Å²) in [6.45, 7) is 6.08. The molecule has 2 rings (SSSR count). The fourth-order valence-electron chi connectivity index (χ4n) is 3.12. The molecule has 1 unspecified atom stereocenters. The first-order valence-electron chi connectivity index (χ1n) is 7.82. The summed E-state index contributed by atoms with van der Waals surface area (Å²) in [6, 6.07) is 9.42. The third-order valence-corrected chi connectivity index (χ3v) is 5.05. The quantitative estimate of drug-likeness (QED) is 0.850. The van der Waals surface area contributed by atoms with Gasteiger partial charge in [-0.05, 0) is 82.9 Å². The molecule has 1 N–H and O–H groups in total. The number of nitrogens with one attached hydrogen (secondary N) is 1. The van der Waals surface area contributed by atoms with E-state index in [-0.39, 0.29) is 0 Å². The predicted octanol–water partition coefficient (Wildman–Crippen LogP) is 3.70. The standard InChI is InChI=1S/C17H27BrN2/c1-14(13-16-3-5-17(18)6-4-16)20-11-8-15(9-12-20)7-10-19-2/h3-6,14-15,19H,7-13H2,1-2H3. The van der Waals surface area contributed by atoms with Crippen molar-refractivity contribution in [3.8, 4) is 0 Å². The summed E-state index contributed by atoms with van der Waals surface area (Å²) in [5.41, 5.74) is 1.44. The minimum absolute atomic E-state index is 0.654. The third-order valence-electron chi connectivity index (χ3n) is 4.52. The Balaban J connectivity index is 1.76. The van der Waals surface area contributed by atoms with Gasteiger partial charge in [0, 0.05) is 10.5 Å². The van der Waals surface area contributed by atoms with Gasteiger partial charge in [0.05, 0.1) is 0 Å². The molecule has 1 aliphatic heterocycles. The van der Waals surface area contributed by atoms with Crippen molar-refractivity contribution < 1.29 is 0 Å². The van der Waals surface area contributed by atoms with Crippen LogP contribution in [-0.2, 0) is 6.42 Å². The van der Waals surface area contributed by atoms with Gasteiger partial charge in [-0.2, -0.15) is 0 Å². The Morgan fingerprint density at radius 2 is 1.90 bits per heavy atom. The molecule has 0 radical (unpaired) electrons. The second-order valence-corrected chi connectivity index (χ2v) is 6.97. The number of halogens is 1. The lowest BCUT2D eigenvalue weighted by atomic mass is 9.92. The predicted molar refractivity (Wildman–Crippen MR) is 90.1 cm³/mol. The fraction of sp³-hybridized carbons (Fsp3) is 0.647. The number of benzene rings is 1. The minimum atomic E-state index is 0.654. The zero-order chi connectivity index (χ0) is 14.4. The molecule has 1 aliphatic rings. The van der Waals surface area contributed by atoms with Gasteiger partial charge in [0.1, 0.15) is 0 Å². The Hall–Kier alpha value is -0.380. The maximum absolute atomic E-state index is 3.50. The monoisotopic (exact) mass is 338 g/mol. The summed E-state index contributed by atoms with van der Waals surface area (Å²) in [6.07, 6.45) is 5.23. The molecule has 1 fully saturated rings. The van der Waals surface area contributed by atoms with Crippen LogP contribution in [0.2, 0.25) is 0 Å². The van der Waals surface area contributed by atoms with Crippen LogP contribution in [0.5, 0.6) is 0 Å². The van der Waals surface area contributed by atoms with E-state index in [0.717, 1.165) is 12.3 Å². The van der Waals surface area contributed by atoms with Crippen molar-refractivity contribution >= 4 is 15.9 Å². The van der Waals surface area contributed by atoms with E-state index in [4.69, 9.17) is 0 Å². The molecule has 3 heteroatoms. The molecule has 0 bridgehead atoms. The normalized spacial score (nSPS) is 19.1. The molecule has 112 valence electrons. The molecule has 1 heterocycles. The van der Waals surface area contributed by atoms with Gasteiger partial charge in [0.15, 0.2) is 0 Å². The maximum atomic E-state index is 3.50. The van der Waals surface area contributed by atoms with Crippen molar-refractivity contribution in [3.63, 3.8) is 0 Å². The number of hydrogen-bond donors (Lipinski definition) is 1. The summed E-state index contributed by atoms with van der Waals surface area (Å²) < 4.78 is 1.17. The topological polar surface area (TPSA) is 15.3 Å². The van der Waals surface area contributed by atoms with E-state index in [0.29, 0.717) is 6.04 Å². The smallest absolute Gasteiger partial charge is 0.0175 e. The Morgan fingerprint density at radius 1 is 1.25 bits per heavy atom. The van der Waals surface area contributed by atoms with E-state index >= 15 is 0 Å². The van der Waals surface area contributed by atoms with Crippen molar-refractivity contribution in [2.45, 2.75) is 38.6 Å². The largest absolute Gasteiger partial charge is 0.320 e. The molecule has 20 heavy (non-hydrogen) atoms. The van der Waals surface area contributed by atoms with Crippen molar-refractivity contribution in [1.82, 2.24) is 10.2 Å². The van der Waals surface area contributed by atoms with E-state index in [1.165, 1.54) is 48.9 Å². The van der Waals surface area contributed by atoms with Gasteiger partial charge in [0.2, 0.25) is 0 Å². The highest BCUT2D eigenvalue weighted by atomic mass is 79.9. The molecule has 1 atom stereocenters. The maximum Gasteiger partial charge on any atom is 0.0175 e. The van der Waals surface area contributed by atoms with Crippen molar-refractivity contribution in [2.75, 3.05) is 26.7 Å². The number of hydrogen-bond acceptors (Lipinski definition) is 2. The van der Waals surface area contributed by atoms with Crippen LogP contribution >= 0.6 is 15.9 Å². The number of likely N-dealkylation sites (tertiary alicyclic amines) is 1. The van der Waals surface area contributed by atoms with Crippen LogP contribution in [0.1, 0.15) is 31.7 Å². The van der Waals surface area contributed by atoms with E-state index in [1.54, 1.807) is 0 Å². The van der Waals surface area contributed by atoms with Gasteiger partial charge in [-0.15, -0.1) is 0 Å². The fourth-order valence-corrected chi connectivity index (χ4v) is 3.39. The Bertz CT molecular complexity index is 382. The van der Waals surface area contributed by atoms with Crippen LogP contribution < -0.4 is 5.32 Å². The summed E-state index contributed by atoms with van der Waals surface area (Å²) in [7, 11) is 2.05. The minimum Gasteiger partial charge on any atom is -0.320 e. The van der Waals surface area contributed by atoms with Gasteiger partial charge in [-0.25, -0.2) is 0 Å². The van der Waals surface area contributed by atoms with Crippen molar-refractivity contribution in [1.29, 1.82) is 0 Å². The van der Waals surface area contributed by atoms with Crippen LogP contribution in [0.4, 0.5) is 0 Å². The van der Waals surface area contributed by atoms with Crippen LogP contribution in [-0.4, -0.2) is 37.6 Å². The molecule has 1 aromatic carbocycles. The Labute approximate surface area is 132 Å². The molecule has 0 aromatic heterocycles. The molecule has 0 saturated carbocycles. The highest BCUT2D eigenvalue weighted by molar-refractivity contribution is 9.10. The third kappa shape index (κ3) is 4.87. The van der Waals surface area contributed by atoms with Gasteiger partial charge in [-0.1, -0.05) is 28.1 Å². The number of rotatable bonds is 6. The highest BCUT2D eigenvalue weighted by Crippen LogP contribution is 2.23. The first kappa shape index (κ1) is 16.0. The van der Waals surface area contributed by atoms with Crippen LogP contribution in [0.25, 0.3) is 0 Å². The highest BCUT2D eigenvalue weighted by Gasteiger charge is 2.22. The molecule has 0 aliphatic carbocycles. The van der Waals surface area contributed by atoms with Gasteiger partial charge < -0.3 is 10.2 Å². The van der Waals surface area contributed by atoms with Gasteiger partial charge in [0.25, 0.3) is 0 Å². The van der Waals surface area contributed by atoms with Crippen molar-refractivity contribution in [2.24, 2.45) is 5.92 Å². The SMILES string of the molecule is CNCCC1CCN(C(C)Cc2ccc(Br)cc2)CC1. The average Bonchev–Trinajstić information content (AvgIpc) is 2.48. The van der Waals surface area contributed by atoms with E-state index in [2.05, 4.69) is 64.4 Å². The van der Waals surface area contributed by atoms with Crippen LogP contribution in [0.15, 0.2) is 28.7 Å². The molecule has 0 spiro atoms. The molecular weight excluding hydrogens is 312 g/mol. The van der Waals surface area contributed by atoms with E-state index in [1.807, 2.05) is 0 Å². The molecule has 2 nitrogen and oxygen atoms in total. The number of piperidine rings is 1. The second kappa shape index (κ2) is 8.16. The molecule has 1 saturated heterocycles. The van der Waals surface area contributed by atoms with E-state index < -0.39 is 0 Å².